The number of carboxylic acid groups (broad SMARTS) is 1. The summed E-state index contributed by atoms with van der Waals surface area (Å²) in [6.45, 7) is 1.72. The molecule has 5 heteroatoms. The Bertz CT molecular complexity index is 232. The quantitative estimate of drug-likeness (QED) is 0.600. The summed E-state index contributed by atoms with van der Waals surface area (Å²) in [5.41, 5.74) is 0.681. The van der Waals surface area contributed by atoms with Gasteiger partial charge in [0, 0.05) is 0 Å². The van der Waals surface area contributed by atoms with Crippen LogP contribution in [0.2, 0.25) is 0 Å². The minimum Gasteiger partial charge on any atom is -0.435 e. The number of carbonyl (C=O) groups is 1. The summed E-state index contributed by atoms with van der Waals surface area (Å²) in [7, 11) is -0.996. The average molecular weight is 145 g/mol. The smallest absolute Gasteiger partial charge is 0.435 e. The number of hydrogen-bond donors (Lipinski definition) is 1. The van der Waals surface area contributed by atoms with E-state index in [1.54, 1.807) is 6.92 Å². The second kappa shape index (κ2) is 2.10. The van der Waals surface area contributed by atoms with Gasteiger partial charge in [-0.3, -0.25) is 0 Å². The molecule has 0 amide bonds. The first-order chi connectivity index (χ1) is 4.20. The van der Waals surface area contributed by atoms with Crippen molar-refractivity contribution in [2.24, 2.45) is 0 Å². The predicted octanol–water partition coefficient (Wildman–Crippen LogP) is 1.06. The van der Waals surface area contributed by atoms with E-state index in [1.165, 1.54) is 5.38 Å². The van der Waals surface area contributed by atoms with Crippen molar-refractivity contribution in [2.75, 3.05) is 0 Å². The normalized spacial score (nSPS) is 11.4. The monoisotopic (exact) mass is 145 g/mol. The molecule has 4 nitrogen and oxygen atoms in total. The number of rotatable bonds is 1. The number of aryl methyl sites for hydroxylation is 1. The van der Waals surface area contributed by atoms with E-state index in [0.29, 0.717) is 5.69 Å². The third kappa shape index (κ3) is 1.23. The highest BCUT2D eigenvalue weighted by Crippen LogP contribution is 2.12. The zero-order valence-corrected chi connectivity index (χ0v) is 5.55. The molecule has 48 valence electrons. The van der Waals surface area contributed by atoms with Crippen LogP contribution in [-0.4, -0.2) is 20.0 Å². The topological polar surface area (TPSA) is 63.1 Å². The van der Waals surface area contributed by atoms with E-state index < -0.39 is 16.0 Å². The van der Waals surface area contributed by atoms with Gasteiger partial charge >= 0.3 is 5.30 Å². The first-order valence-electron chi connectivity index (χ1n) is 2.26. The van der Waals surface area contributed by atoms with Crippen molar-refractivity contribution in [3.63, 3.8) is 0 Å². The van der Waals surface area contributed by atoms with Crippen molar-refractivity contribution in [2.45, 2.75) is 6.92 Å². The Hall–Kier alpha value is -0.970. The fourth-order valence-electron chi connectivity index (χ4n) is 0.402. The number of nitrogens with zero attached hydrogens (tertiary/aromatic N) is 2. The molecular formula is C4H5N2O2S+. The van der Waals surface area contributed by atoms with E-state index in [4.69, 9.17) is 5.11 Å². The largest absolute Gasteiger partial charge is 0.578 e. The van der Waals surface area contributed by atoms with Crippen molar-refractivity contribution in [1.29, 1.82) is 0 Å². The maximum Gasteiger partial charge on any atom is 0.578 e. The summed E-state index contributed by atoms with van der Waals surface area (Å²) >= 11 is 0. The van der Waals surface area contributed by atoms with Crippen LogP contribution in [0.4, 0.5) is 4.79 Å². The SMILES string of the molecule is Cc1c[s+](C(=O)O)nn1. The molecular weight excluding hydrogens is 140 g/mol. The predicted molar refractivity (Wildman–Crippen MR) is 32.7 cm³/mol. The fourth-order valence-corrected chi connectivity index (χ4v) is 1.21. The first kappa shape index (κ1) is 6.15. The van der Waals surface area contributed by atoms with Crippen LogP contribution < -0.4 is 0 Å². The van der Waals surface area contributed by atoms with Crippen LogP contribution in [0.5, 0.6) is 0 Å². The third-order valence-electron chi connectivity index (χ3n) is 0.748. The Balaban J connectivity index is 2.98. The van der Waals surface area contributed by atoms with Crippen LogP contribution in [0.1, 0.15) is 5.69 Å². The first-order valence-corrected chi connectivity index (χ1v) is 3.51. The van der Waals surface area contributed by atoms with Gasteiger partial charge in [-0.1, -0.05) is 0 Å². The van der Waals surface area contributed by atoms with E-state index in [9.17, 15) is 4.79 Å². The molecule has 0 aliphatic carbocycles. The Kier molecular flexibility index (Phi) is 1.44. The van der Waals surface area contributed by atoms with Crippen molar-refractivity contribution in [3.05, 3.63) is 11.1 Å². The molecule has 1 atom stereocenters. The molecule has 0 bridgehead atoms. The van der Waals surface area contributed by atoms with Gasteiger partial charge in [0.1, 0.15) is 5.69 Å². The Morgan fingerprint density at radius 2 is 2.56 bits per heavy atom. The molecule has 1 aromatic rings. The highest BCUT2D eigenvalue weighted by atomic mass is 32.2. The van der Waals surface area contributed by atoms with E-state index >= 15 is 0 Å². The van der Waals surface area contributed by atoms with Gasteiger partial charge in [-0.25, -0.2) is 0 Å². The van der Waals surface area contributed by atoms with Gasteiger partial charge in [0.15, 0.2) is 0 Å². The Labute approximate surface area is 54.3 Å². The fraction of sp³-hybridized carbons (Fsp3) is 0.250. The van der Waals surface area contributed by atoms with Crippen LogP contribution >= 0.6 is 10.7 Å². The van der Waals surface area contributed by atoms with E-state index in [0.717, 1.165) is 0 Å². The van der Waals surface area contributed by atoms with Crippen LogP contribution in [0.15, 0.2) is 5.38 Å². The Morgan fingerprint density at radius 1 is 1.89 bits per heavy atom. The van der Waals surface area contributed by atoms with Gasteiger partial charge in [0.05, 0.1) is 4.49 Å². The van der Waals surface area contributed by atoms with Crippen LogP contribution in [0.3, 0.4) is 0 Å². The molecule has 0 aromatic carbocycles. The zero-order chi connectivity index (χ0) is 6.85. The second-order valence-electron chi connectivity index (χ2n) is 1.52. The molecule has 0 saturated carbocycles. The lowest BCUT2D eigenvalue weighted by molar-refractivity contribution is 0.221. The van der Waals surface area contributed by atoms with Gasteiger partial charge in [0.2, 0.25) is 16.0 Å². The van der Waals surface area contributed by atoms with Crippen molar-refractivity contribution >= 4 is 16.0 Å². The molecule has 9 heavy (non-hydrogen) atoms. The van der Waals surface area contributed by atoms with Gasteiger partial charge < -0.3 is 5.11 Å². The molecule has 1 aromatic heterocycles. The summed E-state index contributed by atoms with van der Waals surface area (Å²) in [5, 5.41) is 12.5. The molecule has 0 aliphatic rings. The molecule has 0 spiro atoms. The lowest BCUT2D eigenvalue weighted by Crippen LogP contribution is -1.82. The van der Waals surface area contributed by atoms with Crippen molar-refractivity contribution < 1.29 is 9.90 Å². The van der Waals surface area contributed by atoms with Crippen molar-refractivity contribution in [1.82, 2.24) is 9.59 Å². The summed E-state index contributed by atoms with van der Waals surface area (Å²) < 4.78 is 3.48. The minimum absolute atomic E-state index is 0.681. The molecule has 0 aliphatic heterocycles. The average Bonchev–Trinajstić information content (AvgIpc) is 2.14. The minimum atomic E-state index is -0.996. The van der Waals surface area contributed by atoms with Gasteiger partial charge in [-0.2, -0.15) is 4.79 Å². The summed E-state index contributed by atoms with van der Waals surface area (Å²) in [6, 6.07) is 0. The molecule has 0 saturated heterocycles. The summed E-state index contributed by atoms with van der Waals surface area (Å²) in [4.78, 5) is 10.2. The Morgan fingerprint density at radius 3 is 2.78 bits per heavy atom. The maximum absolute atomic E-state index is 10.2. The summed E-state index contributed by atoms with van der Waals surface area (Å²) in [6.07, 6.45) is 0. The number of aromatic nitrogens is 2. The second-order valence-corrected chi connectivity index (χ2v) is 2.90. The van der Waals surface area contributed by atoms with Gasteiger partial charge in [-0.15, -0.1) is 5.10 Å². The molecule has 1 rings (SSSR count). The summed E-state index contributed by atoms with van der Waals surface area (Å²) in [5.74, 6) is 0. The third-order valence-corrected chi connectivity index (χ3v) is 1.93. The van der Waals surface area contributed by atoms with Crippen LogP contribution in [-0.2, 0) is 0 Å². The lowest BCUT2D eigenvalue weighted by Gasteiger charge is -1.64. The standard InChI is InChI=1S/C4H4N2O2S/c1-3-2-9(4(7)8)6-5-3/h2H,1H3/p+1. The molecule has 1 unspecified atom stereocenters. The highest BCUT2D eigenvalue weighted by molar-refractivity contribution is 7.45. The van der Waals surface area contributed by atoms with Crippen LogP contribution in [0, 0.1) is 6.92 Å². The number of hydrogen-bond acceptors (Lipinski definition) is 3. The highest BCUT2D eigenvalue weighted by Gasteiger charge is 2.18. The van der Waals surface area contributed by atoms with E-state index in [1.807, 2.05) is 0 Å². The van der Waals surface area contributed by atoms with E-state index in [2.05, 4.69) is 9.59 Å². The van der Waals surface area contributed by atoms with Gasteiger partial charge in [-0.05, 0) is 6.92 Å². The molecule has 1 heterocycles. The van der Waals surface area contributed by atoms with Crippen LogP contribution in [0.25, 0.3) is 0 Å². The van der Waals surface area contributed by atoms with Crippen molar-refractivity contribution in [3.8, 4) is 0 Å². The maximum atomic E-state index is 10.2. The molecule has 0 fully saturated rings. The lowest BCUT2D eigenvalue weighted by atomic mass is 10.6. The molecule has 1 N–H and O–H groups in total. The zero-order valence-electron chi connectivity index (χ0n) is 4.74. The van der Waals surface area contributed by atoms with Gasteiger partial charge in [0.25, 0.3) is 0 Å². The van der Waals surface area contributed by atoms with E-state index in [-0.39, 0.29) is 0 Å². The molecule has 0 radical (unpaired) electrons.